The van der Waals surface area contributed by atoms with Crippen molar-refractivity contribution in [3.8, 4) is 0 Å². The summed E-state index contributed by atoms with van der Waals surface area (Å²) in [6, 6.07) is 3.70. The van der Waals surface area contributed by atoms with Crippen molar-refractivity contribution in [2.75, 3.05) is 6.61 Å². The van der Waals surface area contributed by atoms with E-state index < -0.39 is 0 Å². The maximum atomic E-state index is 8.28. The molecule has 0 aliphatic heterocycles. The van der Waals surface area contributed by atoms with Gasteiger partial charge in [-0.15, -0.1) is 0 Å². The van der Waals surface area contributed by atoms with E-state index in [1.807, 2.05) is 12.1 Å². The molecule has 0 unspecified atom stereocenters. The van der Waals surface area contributed by atoms with Gasteiger partial charge in [0.25, 0.3) is 0 Å². The molecule has 0 bridgehead atoms. The van der Waals surface area contributed by atoms with E-state index in [1.165, 1.54) is 0 Å². The van der Waals surface area contributed by atoms with Gasteiger partial charge in [0.15, 0.2) is 0 Å². The SMILES string of the molecule is NC(CCCCOCc1ccco1)=NO. The number of nitrogens with two attached hydrogens (primary N) is 1. The van der Waals surface area contributed by atoms with E-state index in [0.29, 0.717) is 19.6 Å². The quantitative estimate of drug-likeness (QED) is 0.237. The monoisotopic (exact) mass is 212 g/mol. The van der Waals surface area contributed by atoms with E-state index >= 15 is 0 Å². The lowest BCUT2D eigenvalue weighted by atomic mass is 10.2. The van der Waals surface area contributed by atoms with E-state index in [1.54, 1.807) is 6.26 Å². The molecule has 1 heterocycles. The Morgan fingerprint density at radius 1 is 1.53 bits per heavy atom. The van der Waals surface area contributed by atoms with Gasteiger partial charge in [-0.1, -0.05) is 5.16 Å². The van der Waals surface area contributed by atoms with Crippen LogP contribution >= 0.6 is 0 Å². The Morgan fingerprint density at radius 2 is 2.40 bits per heavy atom. The molecule has 0 radical (unpaired) electrons. The number of oxime groups is 1. The molecular formula is C10H16N2O3. The number of unbranched alkanes of at least 4 members (excludes halogenated alkanes) is 1. The summed E-state index contributed by atoms with van der Waals surface area (Å²) >= 11 is 0. The van der Waals surface area contributed by atoms with Gasteiger partial charge in [0.05, 0.1) is 6.26 Å². The number of rotatable bonds is 7. The molecule has 5 heteroatoms. The molecule has 5 nitrogen and oxygen atoms in total. The van der Waals surface area contributed by atoms with Crippen molar-refractivity contribution in [1.29, 1.82) is 0 Å². The van der Waals surface area contributed by atoms with Crippen molar-refractivity contribution < 1.29 is 14.4 Å². The van der Waals surface area contributed by atoms with Gasteiger partial charge in [0.1, 0.15) is 18.2 Å². The molecule has 1 rings (SSSR count). The molecular weight excluding hydrogens is 196 g/mol. The standard InChI is InChI=1S/C10H16N2O3/c11-10(12-13)5-1-2-6-14-8-9-4-3-7-15-9/h3-4,7,13H,1-2,5-6,8H2,(H2,11,12). The predicted octanol–water partition coefficient (Wildman–Crippen LogP) is 1.71. The third kappa shape index (κ3) is 5.07. The maximum absolute atomic E-state index is 8.28. The Balaban J connectivity index is 1.94. The van der Waals surface area contributed by atoms with Crippen molar-refractivity contribution in [3.05, 3.63) is 24.2 Å². The van der Waals surface area contributed by atoms with Gasteiger partial charge in [-0.2, -0.15) is 0 Å². The summed E-state index contributed by atoms with van der Waals surface area (Å²) < 4.78 is 10.5. The van der Waals surface area contributed by atoms with Crippen molar-refractivity contribution in [2.45, 2.75) is 25.9 Å². The first-order chi connectivity index (χ1) is 7.33. The zero-order chi connectivity index (χ0) is 10.9. The lowest BCUT2D eigenvalue weighted by Gasteiger charge is -2.01. The van der Waals surface area contributed by atoms with Gasteiger partial charge >= 0.3 is 0 Å². The van der Waals surface area contributed by atoms with Crippen LogP contribution in [0.2, 0.25) is 0 Å². The first-order valence-corrected chi connectivity index (χ1v) is 4.89. The molecule has 0 aliphatic rings. The van der Waals surface area contributed by atoms with Crippen molar-refractivity contribution in [2.24, 2.45) is 10.9 Å². The molecule has 0 amide bonds. The van der Waals surface area contributed by atoms with Crippen molar-refractivity contribution in [1.82, 2.24) is 0 Å². The van der Waals surface area contributed by atoms with Crippen LogP contribution in [0.15, 0.2) is 28.0 Å². The summed E-state index contributed by atoms with van der Waals surface area (Å²) in [4.78, 5) is 0. The first kappa shape index (κ1) is 11.6. The van der Waals surface area contributed by atoms with Gasteiger partial charge in [-0.3, -0.25) is 0 Å². The summed E-state index contributed by atoms with van der Waals surface area (Å²) in [6.45, 7) is 1.15. The number of nitrogens with zero attached hydrogens (tertiary/aromatic N) is 1. The maximum Gasteiger partial charge on any atom is 0.139 e. The largest absolute Gasteiger partial charge is 0.467 e. The lowest BCUT2D eigenvalue weighted by Crippen LogP contribution is -2.11. The van der Waals surface area contributed by atoms with Crippen LogP contribution in [0, 0.1) is 0 Å². The van der Waals surface area contributed by atoms with E-state index in [-0.39, 0.29) is 5.84 Å². The fourth-order valence-corrected chi connectivity index (χ4v) is 1.13. The Kier molecular flexibility index (Phi) is 5.32. The second-order valence-corrected chi connectivity index (χ2v) is 3.18. The van der Waals surface area contributed by atoms with Crippen molar-refractivity contribution >= 4 is 5.84 Å². The van der Waals surface area contributed by atoms with Crippen LogP contribution in [0.1, 0.15) is 25.0 Å². The van der Waals surface area contributed by atoms with E-state index in [9.17, 15) is 0 Å². The number of hydrogen-bond donors (Lipinski definition) is 2. The molecule has 0 fully saturated rings. The van der Waals surface area contributed by atoms with Crippen molar-refractivity contribution in [3.63, 3.8) is 0 Å². The van der Waals surface area contributed by atoms with Crippen LogP contribution in [0.25, 0.3) is 0 Å². The van der Waals surface area contributed by atoms with Crippen LogP contribution in [-0.2, 0) is 11.3 Å². The van der Waals surface area contributed by atoms with Gasteiger partial charge in [-0.25, -0.2) is 0 Å². The molecule has 1 aromatic rings. The highest BCUT2D eigenvalue weighted by molar-refractivity contribution is 5.79. The summed E-state index contributed by atoms with van der Waals surface area (Å²) in [7, 11) is 0. The molecule has 0 atom stereocenters. The number of hydrogen-bond acceptors (Lipinski definition) is 4. The topological polar surface area (TPSA) is 81.0 Å². The normalized spacial score (nSPS) is 11.9. The number of ether oxygens (including phenoxy) is 1. The zero-order valence-corrected chi connectivity index (χ0v) is 8.56. The summed E-state index contributed by atoms with van der Waals surface area (Å²) in [6.07, 6.45) is 3.96. The van der Waals surface area contributed by atoms with Crippen LogP contribution in [-0.4, -0.2) is 17.6 Å². The van der Waals surface area contributed by atoms with E-state index in [2.05, 4.69) is 5.16 Å². The van der Waals surface area contributed by atoms with E-state index in [0.717, 1.165) is 18.6 Å². The fourth-order valence-electron chi connectivity index (χ4n) is 1.13. The highest BCUT2D eigenvalue weighted by Crippen LogP contribution is 2.03. The molecule has 84 valence electrons. The van der Waals surface area contributed by atoms with Gasteiger partial charge in [-0.05, 0) is 25.0 Å². The van der Waals surface area contributed by atoms with Gasteiger partial charge < -0.3 is 20.1 Å². The summed E-state index contributed by atoms with van der Waals surface area (Å²) in [5.41, 5.74) is 5.31. The third-order valence-electron chi connectivity index (χ3n) is 1.92. The first-order valence-electron chi connectivity index (χ1n) is 4.89. The predicted molar refractivity (Wildman–Crippen MR) is 55.6 cm³/mol. The molecule has 0 aliphatic carbocycles. The second kappa shape index (κ2) is 6.89. The second-order valence-electron chi connectivity index (χ2n) is 3.18. The number of furan rings is 1. The fraction of sp³-hybridized carbons (Fsp3) is 0.500. The van der Waals surface area contributed by atoms with Crippen LogP contribution in [0.4, 0.5) is 0 Å². The molecule has 3 N–H and O–H groups in total. The van der Waals surface area contributed by atoms with Crippen LogP contribution in [0.3, 0.4) is 0 Å². The van der Waals surface area contributed by atoms with Crippen LogP contribution < -0.4 is 5.73 Å². The Hall–Kier alpha value is -1.49. The summed E-state index contributed by atoms with van der Waals surface area (Å²) in [5, 5.41) is 11.2. The molecule has 0 saturated heterocycles. The molecule has 0 saturated carbocycles. The Morgan fingerprint density at radius 3 is 3.07 bits per heavy atom. The van der Waals surface area contributed by atoms with E-state index in [4.69, 9.17) is 20.1 Å². The minimum atomic E-state index is 0.265. The molecule has 0 aromatic carbocycles. The minimum Gasteiger partial charge on any atom is -0.467 e. The molecule has 1 aromatic heterocycles. The molecule has 0 spiro atoms. The minimum absolute atomic E-state index is 0.265. The average Bonchev–Trinajstić information content (AvgIpc) is 2.75. The number of amidine groups is 1. The smallest absolute Gasteiger partial charge is 0.139 e. The van der Waals surface area contributed by atoms with Gasteiger partial charge in [0, 0.05) is 13.0 Å². The zero-order valence-electron chi connectivity index (χ0n) is 8.56. The van der Waals surface area contributed by atoms with Crippen LogP contribution in [0.5, 0.6) is 0 Å². The molecule has 15 heavy (non-hydrogen) atoms. The Labute approximate surface area is 88.5 Å². The lowest BCUT2D eigenvalue weighted by molar-refractivity contribution is 0.103. The van der Waals surface area contributed by atoms with Gasteiger partial charge in [0.2, 0.25) is 0 Å². The summed E-state index contributed by atoms with van der Waals surface area (Å²) in [5.74, 6) is 1.09. The Bertz CT molecular complexity index is 283. The average molecular weight is 212 g/mol. The highest BCUT2D eigenvalue weighted by Gasteiger charge is 1.96. The third-order valence-corrected chi connectivity index (χ3v) is 1.92. The highest BCUT2D eigenvalue weighted by atomic mass is 16.5.